The zero-order valence-electron chi connectivity index (χ0n) is 11.8. The Morgan fingerprint density at radius 3 is 2.59 bits per heavy atom. The molecule has 17 heavy (non-hydrogen) atoms. The largest absolute Gasteiger partial charge is 0.312 e. The second-order valence-corrected chi connectivity index (χ2v) is 6.07. The molecule has 0 radical (unpaired) electrons. The molecule has 0 bridgehead atoms. The van der Waals surface area contributed by atoms with Gasteiger partial charge >= 0.3 is 0 Å². The Morgan fingerprint density at radius 2 is 2.06 bits per heavy atom. The quantitative estimate of drug-likeness (QED) is 0.802. The summed E-state index contributed by atoms with van der Waals surface area (Å²) in [5, 5.41) is 3.39. The van der Waals surface area contributed by atoms with Gasteiger partial charge in [-0.25, -0.2) is 0 Å². The van der Waals surface area contributed by atoms with Crippen molar-refractivity contribution < 1.29 is 0 Å². The minimum atomic E-state index is 0.622. The van der Waals surface area contributed by atoms with Gasteiger partial charge in [0.1, 0.15) is 0 Å². The lowest BCUT2D eigenvalue weighted by Gasteiger charge is -2.24. The molecule has 1 heterocycles. The number of hydrogen-bond donors (Lipinski definition) is 1. The first-order valence-electron chi connectivity index (χ1n) is 6.61. The van der Waals surface area contributed by atoms with Crippen LogP contribution >= 0.6 is 11.3 Å². The molecule has 0 saturated heterocycles. The average molecular weight is 254 g/mol. The van der Waals surface area contributed by atoms with E-state index in [0.717, 1.165) is 26.2 Å². The molecule has 0 saturated carbocycles. The van der Waals surface area contributed by atoms with Gasteiger partial charge in [-0.15, -0.1) is 11.3 Å². The van der Waals surface area contributed by atoms with Gasteiger partial charge in [0.05, 0.1) is 0 Å². The first-order valence-corrected chi connectivity index (χ1v) is 7.43. The minimum Gasteiger partial charge on any atom is -0.312 e. The topological polar surface area (TPSA) is 15.3 Å². The van der Waals surface area contributed by atoms with Crippen LogP contribution in [0.5, 0.6) is 0 Å². The summed E-state index contributed by atoms with van der Waals surface area (Å²) in [6, 6.07) is 2.99. The van der Waals surface area contributed by atoms with Crippen molar-refractivity contribution in [1.29, 1.82) is 0 Å². The van der Waals surface area contributed by atoms with E-state index in [1.165, 1.54) is 15.3 Å². The van der Waals surface area contributed by atoms with Crippen molar-refractivity contribution in [3.8, 4) is 0 Å². The first kappa shape index (κ1) is 14.7. The van der Waals surface area contributed by atoms with E-state index in [9.17, 15) is 0 Å². The summed E-state index contributed by atoms with van der Waals surface area (Å²) in [4.78, 5) is 5.43. The second-order valence-electron chi connectivity index (χ2n) is 4.73. The highest BCUT2D eigenvalue weighted by atomic mass is 32.1. The van der Waals surface area contributed by atoms with E-state index in [1.807, 2.05) is 11.3 Å². The van der Waals surface area contributed by atoms with Crippen molar-refractivity contribution in [2.45, 2.75) is 53.8 Å². The SMILES string of the molecule is CCNCc1cc(CN(CC)C(C)C)c(C)s1. The van der Waals surface area contributed by atoms with Crippen LogP contribution in [0.15, 0.2) is 6.07 Å². The molecule has 0 fully saturated rings. The molecule has 0 unspecified atom stereocenters. The summed E-state index contributed by atoms with van der Waals surface area (Å²) < 4.78 is 0. The summed E-state index contributed by atoms with van der Waals surface area (Å²) in [5.74, 6) is 0. The summed E-state index contributed by atoms with van der Waals surface area (Å²) in [5.41, 5.74) is 1.50. The highest BCUT2D eigenvalue weighted by Crippen LogP contribution is 2.23. The third kappa shape index (κ3) is 4.41. The molecular formula is C14H26N2S. The lowest BCUT2D eigenvalue weighted by molar-refractivity contribution is 0.225. The molecule has 0 aliphatic rings. The second kappa shape index (κ2) is 7.14. The van der Waals surface area contributed by atoms with Crippen molar-refractivity contribution in [1.82, 2.24) is 10.2 Å². The van der Waals surface area contributed by atoms with Gasteiger partial charge in [-0.2, -0.15) is 0 Å². The highest BCUT2D eigenvalue weighted by Gasteiger charge is 2.11. The molecule has 98 valence electrons. The van der Waals surface area contributed by atoms with Gasteiger partial charge in [0.15, 0.2) is 0 Å². The maximum Gasteiger partial charge on any atom is 0.0299 e. The number of nitrogens with zero attached hydrogens (tertiary/aromatic N) is 1. The average Bonchev–Trinajstić information content (AvgIpc) is 2.63. The smallest absolute Gasteiger partial charge is 0.0299 e. The maximum absolute atomic E-state index is 3.39. The van der Waals surface area contributed by atoms with Gasteiger partial charge in [-0.05, 0) is 45.5 Å². The Morgan fingerprint density at radius 1 is 1.35 bits per heavy atom. The van der Waals surface area contributed by atoms with Gasteiger partial charge in [-0.1, -0.05) is 13.8 Å². The molecule has 1 rings (SSSR count). The number of nitrogens with one attached hydrogen (secondary N) is 1. The Balaban J connectivity index is 2.67. The van der Waals surface area contributed by atoms with Crippen LogP contribution in [0.4, 0.5) is 0 Å². The molecule has 1 aromatic heterocycles. The van der Waals surface area contributed by atoms with E-state index in [4.69, 9.17) is 0 Å². The van der Waals surface area contributed by atoms with Crippen molar-refractivity contribution in [2.24, 2.45) is 0 Å². The molecule has 0 spiro atoms. The minimum absolute atomic E-state index is 0.622. The fourth-order valence-electron chi connectivity index (χ4n) is 1.96. The van der Waals surface area contributed by atoms with Crippen LogP contribution in [0, 0.1) is 6.92 Å². The predicted molar refractivity (Wildman–Crippen MR) is 77.7 cm³/mol. The molecule has 0 aromatic carbocycles. The zero-order chi connectivity index (χ0) is 12.8. The van der Waals surface area contributed by atoms with Crippen LogP contribution in [0.25, 0.3) is 0 Å². The Hall–Kier alpha value is -0.380. The van der Waals surface area contributed by atoms with Crippen molar-refractivity contribution in [3.63, 3.8) is 0 Å². The van der Waals surface area contributed by atoms with E-state index in [1.54, 1.807) is 0 Å². The molecule has 2 nitrogen and oxygen atoms in total. The number of aryl methyl sites for hydroxylation is 1. The summed E-state index contributed by atoms with van der Waals surface area (Å²) >= 11 is 1.93. The van der Waals surface area contributed by atoms with Crippen LogP contribution in [-0.4, -0.2) is 24.0 Å². The van der Waals surface area contributed by atoms with E-state index in [0.29, 0.717) is 6.04 Å². The number of hydrogen-bond acceptors (Lipinski definition) is 3. The fraction of sp³-hybridized carbons (Fsp3) is 0.714. The Bertz CT molecular complexity index is 331. The van der Waals surface area contributed by atoms with Gasteiger partial charge < -0.3 is 5.32 Å². The maximum atomic E-state index is 3.39. The zero-order valence-corrected chi connectivity index (χ0v) is 12.7. The molecule has 0 atom stereocenters. The van der Waals surface area contributed by atoms with E-state index < -0.39 is 0 Å². The van der Waals surface area contributed by atoms with E-state index in [-0.39, 0.29) is 0 Å². The Kier molecular flexibility index (Phi) is 6.17. The standard InChI is InChI=1S/C14H26N2S/c1-6-15-9-14-8-13(12(5)17-14)10-16(7-2)11(3)4/h8,11,15H,6-7,9-10H2,1-5H3. The third-order valence-corrected chi connectivity index (χ3v) is 4.22. The molecule has 0 aliphatic heterocycles. The Labute approximate surface area is 110 Å². The number of thiophene rings is 1. The van der Waals surface area contributed by atoms with Crippen LogP contribution in [0.2, 0.25) is 0 Å². The summed E-state index contributed by atoms with van der Waals surface area (Å²) in [6.45, 7) is 15.4. The summed E-state index contributed by atoms with van der Waals surface area (Å²) in [6.07, 6.45) is 0. The number of rotatable bonds is 7. The lowest BCUT2D eigenvalue weighted by atomic mass is 10.2. The molecule has 0 aliphatic carbocycles. The van der Waals surface area contributed by atoms with Crippen LogP contribution in [0.1, 0.15) is 43.0 Å². The highest BCUT2D eigenvalue weighted by molar-refractivity contribution is 7.12. The van der Waals surface area contributed by atoms with Crippen molar-refractivity contribution in [2.75, 3.05) is 13.1 Å². The molecule has 0 amide bonds. The normalized spacial score (nSPS) is 11.7. The molecule has 1 aromatic rings. The van der Waals surface area contributed by atoms with Crippen molar-refractivity contribution >= 4 is 11.3 Å². The van der Waals surface area contributed by atoms with Crippen molar-refractivity contribution in [3.05, 3.63) is 21.4 Å². The first-order chi connectivity index (χ1) is 8.08. The molecule has 3 heteroatoms. The van der Waals surface area contributed by atoms with Crippen LogP contribution in [-0.2, 0) is 13.1 Å². The monoisotopic (exact) mass is 254 g/mol. The third-order valence-electron chi connectivity index (χ3n) is 3.13. The lowest BCUT2D eigenvalue weighted by Crippen LogP contribution is -2.29. The van der Waals surface area contributed by atoms with Gasteiger partial charge in [0.2, 0.25) is 0 Å². The molecule has 1 N–H and O–H groups in total. The predicted octanol–water partition coefficient (Wildman–Crippen LogP) is 3.40. The molecular weight excluding hydrogens is 228 g/mol. The van der Waals surface area contributed by atoms with E-state index >= 15 is 0 Å². The van der Waals surface area contributed by atoms with Crippen LogP contribution < -0.4 is 5.32 Å². The van der Waals surface area contributed by atoms with Gasteiger partial charge in [0.25, 0.3) is 0 Å². The van der Waals surface area contributed by atoms with E-state index in [2.05, 4.69) is 50.9 Å². The van der Waals surface area contributed by atoms with Gasteiger partial charge in [-0.3, -0.25) is 4.90 Å². The van der Waals surface area contributed by atoms with Gasteiger partial charge in [0, 0.05) is 28.9 Å². The fourth-order valence-corrected chi connectivity index (χ4v) is 2.98. The summed E-state index contributed by atoms with van der Waals surface area (Å²) in [7, 11) is 0. The van der Waals surface area contributed by atoms with Crippen LogP contribution in [0.3, 0.4) is 0 Å².